The zero-order valence-corrected chi connectivity index (χ0v) is 6.68. The van der Waals surface area contributed by atoms with E-state index >= 15 is 0 Å². The zero-order valence-electron chi connectivity index (χ0n) is 6.68. The maximum absolute atomic E-state index is 5.61. The molecule has 0 aromatic heterocycles. The van der Waals surface area contributed by atoms with Gasteiger partial charge in [0.15, 0.2) is 0 Å². The van der Waals surface area contributed by atoms with E-state index in [4.69, 9.17) is 10.5 Å². The van der Waals surface area contributed by atoms with Gasteiger partial charge < -0.3 is 10.5 Å². The first kappa shape index (κ1) is 8.02. The molecule has 0 aromatic rings. The predicted molar refractivity (Wildman–Crippen MR) is 41.8 cm³/mol. The summed E-state index contributed by atoms with van der Waals surface area (Å²) < 4.78 is 5.34. The van der Waals surface area contributed by atoms with E-state index in [1.165, 1.54) is 6.42 Å². The van der Waals surface area contributed by atoms with Crippen molar-refractivity contribution in [2.75, 3.05) is 19.8 Å². The molecule has 0 bridgehead atoms. The molecule has 1 heterocycles. The molecule has 1 aliphatic heterocycles. The van der Waals surface area contributed by atoms with Crippen molar-refractivity contribution >= 4 is 0 Å². The Morgan fingerprint density at radius 3 is 2.80 bits per heavy atom. The van der Waals surface area contributed by atoms with Crippen LogP contribution in [0.4, 0.5) is 0 Å². The number of rotatable bonds is 1. The Morgan fingerprint density at radius 1 is 1.40 bits per heavy atom. The van der Waals surface area contributed by atoms with Crippen LogP contribution in [0.2, 0.25) is 0 Å². The fraction of sp³-hybridized carbons (Fsp3) is 1.00. The molecule has 0 aliphatic carbocycles. The Morgan fingerprint density at radius 2 is 2.10 bits per heavy atom. The highest BCUT2D eigenvalue weighted by Crippen LogP contribution is 2.20. The summed E-state index contributed by atoms with van der Waals surface area (Å²) >= 11 is 0. The maximum atomic E-state index is 5.61. The van der Waals surface area contributed by atoms with Crippen molar-refractivity contribution in [3.8, 4) is 0 Å². The van der Waals surface area contributed by atoms with Gasteiger partial charge in [-0.25, -0.2) is 0 Å². The topological polar surface area (TPSA) is 35.2 Å². The summed E-state index contributed by atoms with van der Waals surface area (Å²) in [6.45, 7) is 4.93. The van der Waals surface area contributed by atoms with Crippen LogP contribution in [0.15, 0.2) is 0 Å². The van der Waals surface area contributed by atoms with Crippen LogP contribution in [0.3, 0.4) is 0 Å². The first-order valence-corrected chi connectivity index (χ1v) is 4.12. The summed E-state index contributed by atoms with van der Waals surface area (Å²) in [7, 11) is 0. The van der Waals surface area contributed by atoms with Crippen LogP contribution >= 0.6 is 0 Å². The Kier molecular flexibility index (Phi) is 3.16. The van der Waals surface area contributed by atoms with Gasteiger partial charge in [-0.15, -0.1) is 0 Å². The van der Waals surface area contributed by atoms with Crippen molar-refractivity contribution in [3.05, 3.63) is 0 Å². The second-order valence-electron chi connectivity index (χ2n) is 3.16. The van der Waals surface area contributed by atoms with E-state index in [1.807, 2.05) is 0 Å². The van der Waals surface area contributed by atoms with Gasteiger partial charge in [-0.3, -0.25) is 0 Å². The van der Waals surface area contributed by atoms with Gasteiger partial charge in [0, 0.05) is 13.2 Å². The molecule has 1 fully saturated rings. The minimum absolute atomic E-state index is 0.697. The van der Waals surface area contributed by atoms with Gasteiger partial charge >= 0.3 is 0 Å². The zero-order chi connectivity index (χ0) is 7.40. The fourth-order valence-corrected chi connectivity index (χ4v) is 1.48. The summed E-state index contributed by atoms with van der Waals surface area (Å²) in [4.78, 5) is 0. The summed E-state index contributed by atoms with van der Waals surface area (Å²) in [5, 5.41) is 0. The molecule has 0 spiro atoms. The molecule has 60 valence electrons. The summed E-state index contributed by atoms with van der Waals surface area (Å²) in [6, 6.07) is 0. The van der Waals surface area contributed by atoms with Crippen LogP contribution in [-0.2, 0) is 4.74 Å². The lowest BCUT2D eigenvalue weighted by Crippen LogP contribution is -2.21. The van der Waals surface area contributed by atoms with Gasteiger partial charge in [-0.1, -0.05) is 6.92 Å². The first-order chi connectivity index (χ1) is 4.84. The third kappa shape index (κ3) is 1.96. The van der Waals surface area contributed by atoms with Crippen molar-refractivity contribution in [3.63, 3.8) is 0 Å². The molecular weight excluding hydrogens is 126 g/mol. The van der Waals surface area contributed by atoms with E-state index in [-0.39, 0.29) is 0 Å². The summed E-state index contributed by atoms with van der Waals surface area (Å²) in [5.74, 6) is 1.45. The van der Waals surface area contributed by atoms with E-state index in [0.29, 0.717) is 5.92 Å². The van der Waals surface area contributed by atoms with Crippen LogP contribution in [0, 0.1) is 11.8 Å². The molecule has 2 nitrogen and oxygen atoms in total. The standard InChI is InChI=1S/C8H17NO/c1-7-2-4-10-5-3-8(7)6-9/h7-8H,2-6,9H2,1H3. The van der Waals surface area contributed by atoms with Crippen molar-refractivity contribution < 1.29 is 4.74 Å². The van der Waals surface area contributed by atoms with Crippen molar-refractivity contribution in [2.24, 2.45) is 17.6 Å². The van der Waals surface area contributed by atoms with Gasteiger partial charge in [0.1, 0.15) is 0 Å². The second-order valence-corrected chi connectivity index (χ2v) is 3.16. The molecule has 10 heavy (non-hydrogen) atoms. The maximum Gasteiger partial charge on any atom is 0.0469 e. The molecule has 0 amide bonds. The molecule has 2 heteroatoms. The molecule has 1 rings (SSSR count). The second kappa shape index (κ2) is 3.94. The van der Waals surface area contributed by atoms with Crippen LogP contribution in [0.25, 0.3) is 0 Å². The van der Waals surface area contributed by atoms with E-state index in [2.05, 4.69) is 6.92 Å². The molecule has 2 unspecified atom stereocenters. The molecule has 2 atom stereocenters. The van der Waals surface area contributed by atoms with Gasteiger partial charge in [-0.2, -0.15) is 0 Å². The van der Waals surface area contributed by atoms with E-state index in [9.17, 15) is 0 Å². The Labute approximate surface area is 62.7 Å². The highest BCUT2D eigenvalue weighted by atomic mass is 16.5. The molecule has 0 saturated carbocycles. The Hall–Kier alpha value is -0.0800. The smallest absolute Gasteiger partial charge is 0.0469 e. The Bertz CT molecular complexity index is 95.3. The van der Waals surface area contributed by atoms with Gasteiger partial charge in [-0.05, 0) is 31.2 Å². The molecule has 0 aromatic carbocycles. The lowest BCUT2D eigenvalue weighted by atomic mass is 9.90. The van der Waals surface area contributed by atoms with Gasteiger partial charge in [0.2, 0.25) is 0 Å². The minimum atomic E-state index is 0.697. The minimum Gasteiger partial charge on any atom is -0.381 e. The molecule has 0 radical (unpaired) electrons. The molecule has 2 N–H and O–H groups in total. The van der Waals surface area contributed by atoms with E-state index in [1.54, 1.807) is 0 Å². The average molecular weight is 143 g/mol. The van der Waals surface area contributed by atoms with E-state index < -0.39 is 0 Å². The largest absolute Gasteiger partial charge is 0.381 e. The third-order valence-corrected chi connectivity index (χ3v) is 2.46. The summed E-state index contributed by atoms with van der Waals surface area (Å²) in [6.07, 6.45) is 2.33. The highest BCUT2D eigenvalue weighted by molar-refractivity contribution is 4.69. The van der Waals surface area contributed by atoms with Crippen molar-refractivity contribution in [2.45, 2.75) is 19.8 Å². The van der Waals surface area contributed by atoms with Crippen LogP contribution in [0.1, 0.15) is 19.8 Å². The predicted octanol–water partition coefficient (Wildman–Crippen LogP) is 1.01. The molecule has 1 saturated heterocycles. The van der Waals surface area contributed by atoms with Crippen LogP contribution in [0.5, 0.6) is 0 Å². The number of hydrogen-bond donors (Lipinski definition) is 1. The quantitative estimate of drug-likeness (QED) is 0.594. The normalized spacial score (nSPS) is 35.4. The summed E-state index contributed by atoms with van der Waals surface area (Å²) in [5.41, 5.74) is 5.61. The van der Waals surface area contributed by atoms with Crippen LogP contribution in [-0.4, -0.2) is 19.8 Å². The fourth-order valence-electron chi connectivity index (χ4n) is 1.48. The van der Waals surface area contributed by atoms with Crippen LogP contribution < -0.4 is 5.73 Å². The van der Waals surface area contributed by atoms with Gasteiger partial charge in [0.05, 0.1) is 0 Å². The molecular formula is C8H17NO. The number of hydrogen-bond acceptors (Lipinski definition) is 2. The lowest BCUT2D eigenvalue weighted by molar-refractivity contribution is 0.141. The van der Waals surface area contributed by atoms with E-state index in [0.717, 1.165) is 32.1 Å². The number of nitrogens with two attached hydrogens (primary N) is 1. The highest BCUT2D eigenvalue weighted by Gasteiger charge is 2.17. The average Bonchev–Trinajstić information content (AvgIpc) is 2.13. The monoisotopic (exact) mass is 143 g/mol. The SMILES string of the molecule is CC1CCOCCC1CN. The molecule has 1 aliphatic rings. The number of ether oxygens (including phenoxy) is 1. The van der Waals surface area contributed by atoms with Gasteiger partial charge in [0.25, 0.3) is 0 Å². The van der Waals surface area contributed by atoms with Crippen molar-refractivity contribution in [1.29, 1.82) is 0 Å². The lowest BCUT2D eigenvalue weighted by Gasteiger charge is -2.17. The first-order valence-electron chi connectivity index (χ1n) is 4.12. The third-order valence-electron chi connectivity index (χ3n) is 2.46. The Balaban J connectivity index is 2.35. The van der Waals surface area contributed by atoms with Crippen molar-refractivity contribution in [1.82, 2.24) is 0 Å².